The number of aromatic amines is 1. The first-order valence-electron chi connectivity index (χ1n) is 9.14. The van der Waals surface area contributed by atoms with Crippen LogP contribution in [0.1, 0.15) is 17.2 Å². The number of nitrogens with zero attached hydrogens (tertiary/aromatic N) is 6. The molecule has 0 unspecified atom stereocenters. The molecule has 1 amide bonds. The molecular formula is C19H23N7O. The van der Waals surface area contributed by atoms with E-state index in [0.29, 0.717) is 6.42 Å². The minimum atomic E-state index is 0.149. The average Bonchev–Trinajstić information content (AvgIpc) is 3.32. The molecule has 3 aromatic rings. The van der Waals surface area contributed by atoms with E-state index in [-0.39, 0.29) is 5.91 Å². The predicted octanol–water partition coefficient (Wildman–Crippen LogP) is 1.19. The molecule has 0 aliphatic carbocycles. The number of hydrogen-bond acceptors (Lipinski definition) is 5. The zero-order valence-corrected chi connectivity index (χ0v) is 15.4. The molecule has 2 aromatic heterocycles. The zero-order valence-electron chi connectivity index (χ0n) is 15.4. The van der Waals surface area contributed by atoms with Crippen molar-refractivity contribution in [1.82, 2.24) is 34.8 Å². The highest BCUT2D eigenvalue weighted by molar-refractivity contribution is 5.78. The van der Waals surface area contributed by atoms with Gasteiger partial charge in [0.1, 0.15) is 5.82 Å². The number of para-hydroxylation sites is 1. The number of aromatic nitrogens is 5. The summed E-state index contributed by atoms with van der Waals surface area (Å²) in [5.41, 5.74) is 1.93. The van der Waals surface area contributed by atoms with Crippen molar-refractivity contribution in [3.63, 3.8) is 0 Å². The molecule has 1 aliphatic rings. The molecule has 140 valence electrons. The van der Waals surface area contributed by atoms with Gasteiger partial charge in [-0.1, -0.05) is 18.2 Å². The highest BCUT2D eigenvalue weighted by Crippen LogP contribution is 2.11. The normalized spacial score (nSPS) is 15.2. The first-order chi connectivity index (χ1) is 13.2. The monoisotopic (exact) mass is 365 g/mol. The molecule has 0 bridgehead atoms. The molecule has 1 fully saturated rings. The van der Waals surface area contributed by atoms with Crippen molar-refractivity contribution >= 4 is 5.91 Å². The second-order valence-corrected chi connectivity index (χ2v) is 6.80. The van der Waals surface area contributed by atoms with E-state index in [0.717, 1.165) is 55.6 Å². The van der Waals surface area contributed by atoms with Gasteiger partial charge in [0, 0.05) is 32.4 Å². The quantitative estimate of drug-likeness (QED) is 0.734. The average molecular weight is 365 g/mol. The molecule has 0 spiro atoms. The summed E-state index contributed by atoms with van der Waals surface area (Å²) in [4.78, 5) is 21.2. The number of amides is 1. The van der Waals surface area contributed by atoms with Crippen LogP contribution in [0.3, 0.4) is 0 Å². The van der Waals surface area contributed by atoms with E-state index >= 15 is 0 Å². The Hall–Kier alpha value is -3.00. The molecule has 8 nitrogen and oxygen atoms in total. The van der Waals surface area contributed by atoms with Crippen LogP contribution in [0.25, 0.3) is 5.69 Å². The van der Waals surface area contributed by atoms with Crippen molar-refractivity contribution in [3.05, 3.63) is 59.9 Å². The number of piperazine rings is 1. The standard InChI is InChI=1S/C19H23N7O/c1-15-21-18(23-22-15)14-24-7-9-25(10-8-24)19(27)11-16-12-20-26(13-16)17-5-3-2-4-6-17/h2-6,12-13H,7-11,14H2,1H3,(H,21,22,23). The third-order valence-corrected chi connectivity index (χ3v) is 4.75. The van der Waals surface area contributed by atoms with Crippen molar-refractivity contribution in [1.29, 1.82) is 0 Å². The van der Waals surface area contributed by atoms with Gasteiger partial charge >= 0.3 is 0 Å². The second kappa shape index (κ2) is 7.71. The van der Waals surface area contributed by atoms with E-state index < -0.39 is 0 Å². The maximum atomic E-state index is 12.6. The third kappa shape index (κ3) is 4.22. The highest BCUT2D eigenvalue weighted by Gasteiger charge is 2.22. The van der Waals surface area contributed by atoms with E-state index in [9.17, 15) is 4.79 Å². The van der Waals surface area contributed by atoms with Gasteiger partial charge in [-0.2, -0.15) is 10.2 Å². The number of carbonyl (C=O) groups excluding carboxylic acids is 1. The van der Waals surface area contributed by atoms with Gasteiger partial charge in [0.05, 0.1) is 24.8 Å². The summed E-state index contributed by atoms with van der Waals surface area (Å²) in [6.07, 6.45) is 4.08. The largest absolute Gasteiger partial charge is 0.340 e. The lowest BCUT2D eigenvalue weighted by atomic mass is 10.2. The minimum Gasteiger partial charge on any atom is -0.340 e. The van der Waals surface area contributed by atoms with Crippen LogP contribution in [0.15, 0.2) is 42.7 Å². The zero-order chi connectivity index (χ0) is 18.6. The number of rotatable bonds is 5. The molecule has 4 rings (SSSR count). The summed E-state index contributed by atoms with van der Waals surface area (Å²) in [5.74, 6) is 1.78. The van der Waals surface area contributed by atoms with Gasteiger partial charge in [0.2, 0.25) is 5.91 Å². The summed E-state index contributed by atoms with van der Waals surface area (Å²) < 4.78 is 1.80. The van der Waals surface area contributed by atoms with Crippen LogP contribution in [0, 0.1) is 6.92 Å². The van der Waals surface area contributed by atoms with Crippen LogP contribution >= 0.6 is 0 Å². The Morgan fingerprint density at radius 3 is 2.63 bits per heavy atom. The lowest BCUT2D eigenvalue weighted by Crippen LogP contribution is -2.48. The molecule has 1 saturated heterocycles. The van der Waals surface area contributed by atoms with Crippen LogP contribution in [0.2, 0.25) is 0 Å². The Balaban J connectivity index is 1.29. The van der Waals surface area contributed by atoms with Gasteiger partial charge in [-0.15, -0.1) is 0 Å². The van der Waals surface area contributed by atoms with Crippen LogP contribution in [0.4, 0.5) is 0 Å². The summed E-state index contributed by atoms with van der Waals surface area (Å²) in [6.45, 7) is 5.75. The number of aryl methyl sites for hydroxylation is 1. The van der Waals surface area contributed by atoms with Crippen molar-refractivity contribution in [2.24, 2.45) is 0 Å². The fraction of sp³-hybridized carbons (Fsp3) is 0.368. The smallest absolute Gasteiger partial charge is 0.227 e. The van der Waals surface area contributed by atoms with Crippen molar-refractivity contribution in [2.75, 3.05) is 26.2 Å². The van der Waals surface area contributed by atoms with Gasteiger partial charge in [0.15, 0.2) is 5.82 Å². The Bertz CT molecular complexity index is 894. The first-order valence-corrected chi connectivity index (χ1v) is 9.14. The van der Waals surface area contributed by atoms with Gasteiger partial charge in [0.25, 0.3) is 0 Å². The molecular weight excluding hydrogens is 342 g/mol. The number of H-pyrrole nitrogens is 1. The topological polar surface area (TPSA) is 82.9 Å². The summed E-state index contributed by atoms with van der Waals surface area (Å²) in [6, 6.07) is 9.91. The molecule has 0 radical (unpaired) electrons. The van der Waals surface area contributed by atoms with Gasteiger partial charge in [-0.3, -0.25) is 14.8 Å². The maximum Gasteiger partial charge on any atom is 0.227 e. The molecule has 1 N–H and O–H groups in total. The summed E-state index contributed by atoms with van der Waals surface area (Å²) in [7, 11) is 0. The van der Waals surface area contributed by atoms with Crippen molar-refractivity contribution < 1.29 is 4.79 Å². The summed E-state index contributed by atoms with van der Waals surface area (Å²) >= 11 is 0. The van der Waals surface area contributed by atoms with E-state index in [2.05, 4.69) is 25.2 Å². The minimum absolute atomic E-state index is 0.149. The molecule has 0 atom stereocenters. The summed E-state index contributed by atoms with van der Waals surface area (Å²) in [5, 5.41) is 11.4. The van der Waals surface area contributed by atoms with Gasteiger partial charge in [-0.05, 0) is 24.6 Å². The number of carbonyl (C=O) groups is 1. The molecule has 3 heterocycles. The number of benzene rings is 1. The molecule has 0 saturated carbocycles. The van der Waals surface area contributed by atoms with Gasteiger partial charge in [-0.25, -0.2) is 9.67 Å². The highest BCUT2D eigenvalue weighted by atomic mass is 16.2. The number of hydrogen-bond donors (Lipinski definition) is 1. The fourth-order valence-corrected chi connectivity index (χ4v) is 3.27. The van der Waals surface area contributed by atoms with Crippen LogP contribution < -0.4 is 0 Å². The van der Waals surface area contributed by atoms with E-state index in [1.807, 2.05) is 48.4 Å². The lowest BCUT2D eigenvalue weighted by Gasteiger charge is -2.34. The van der Waals surface area contributed by atoms with Crippen molar-refractivity contribution in [3.8, 4) is 5.69 Å². The molecule has 1 aliphatic heterocycles. The van der Waals surface area contributed by atoms with Crippen molar-refractivity contribution in [2.45, 2.75) is 19.9 Å². The molecule has 8 heteroatoms. The lowest BCUT2D eigenvalue weighted by molar-refractivity contribution is -0.132. The molecule has 27 heavy (non-hydrogen) atoms. The maximum absolute atomic E-state index is 12.6. The Morgan fingerprint density at radius 1 is 1.15 bits per heavy atom. The van der Waals surface area contributed by atoms with E-state index in [1.165, 1.54) is 0 Å². The number of nitrogens with one attached hydrogen (secondary N) is 1. The Kier molecular flexibility index (Phi) is 4.97. The predicted molar refractivity (Wildman–Crippen MR) is 100 cm³/mol. The third-order valence-electron chi connectivity index (χ3n) is 4.75. The molecule has 1 aromatic carbocycles. The van der Waals surface area contributed by atoms with E-state index in [4.69, 9.17) is 0 Å². The first kappa shape index (κ1) is 17.4. The fourth-order valence-electron chi connectivity index (χ4n) is 3.27. The van der Waals surface area contributed by atoms with Crippen LogP contribution in [-0.4, -0.2) is 66.8 Å². The second-order valence-electron chi connectivity index (χ2n) is 6.80. The van der Waals surface area contributed by atoms with Crippen LogP contribution in [-0.2, 0) is 17.8 Å². The van der Waals surface area contributed by atoms with E-state index in [1.54, 1.807) is 10.9 Å². The Morgan fingerprint density at radius 2 is 1.93 bits per heavy atom. The van der Waals surface area contributed by atoms with Crippen LogP contribution in [0.5, 0.6) is 0 Å². The van der Waals surface area contributed by atoms with Gasteiger partial charge < -0.3 is 4.90 Å². The SMILES string of the molecule is Cc1nc(CN2CCN(C(=O)Cc3cnn(-c4ccccc4)c3)CC2)n[nH]1. The Labute approximate surface area is 157 Å².